The molecule has 1 aliphatic rings. The number of hydrogen-bond acceptors (Lipinski definition) is 3. The van der Waals surface area contributed by atoms with Gasteiger partial charge >= 0.3 is 0 Å². The van der Waals surface area contributed by atoms with E-state index in [0.29, 0.717) is 11.6 Å². The van der Waals surface area contributed by atoms with Crippen LogP contribution in [0.25, 0.3) is 0 Å². The zero-order valence-corrected chi connectivity index (χ0v) is 10.6. The lowest BCUT2D eigenvalue weighted by atomic mass is 10.0. The van der Waals surface area contributed by atoms with Gasteiger partial charge < -0.3 is 15.2 Å². The number of piperidine rings is 1. The molecule has 0 saturated carbocycles. The molecule has 1 saturated heterocycles. The van der Waals surface area contributed by atoms with Crippen LogP contribution in [0.15, 0.2) is 6.07 Å². The van der Waals surface area contributed by atoms with Gasteiger partial charge in [-0.25, -0.2) is 0 Å². The molecule has 0 aliphatic carbocycles. The Morgan fingerprint density at radius 2 is 2.35 bits per heavy atom. The maximum atomic E-state index is 9.09. The summed E-state index contributed by atoms with van der Waals surface area (Å²) in [5.74, 6) is 1.74. The van der Waals surface area contributed by atoms with Crippen molar-refractivity contribution in [2.75, 3.05) is 23.7 Å². The molecule has 1 aromatic heterocycles. The number of nitrogens with two attached hydrogens (primary N) is 1. The molecule has 2 heterocycles. The van der Waals surface area contributed by atoms with Crippen LogP contribution in [-0.4, -0.2) is 17.7 Å². The van der Waals surface area contributed by atoms with Gasteiger partial charge in [0.15, 0.2) is 0 Å². The second kappa shape index (κ2) is 4.70. The summed E-state index contributed by atoms with van der Waals surface area (Å²) in [4.78, 5) is 2.33. The summed E-state index contributed by atoms with van der Waals surface area (Å²) in [6.45, 7) is 7.20. The van der Waals surface area contributed by atoms with Gasteiger partial charge in [-0.05, 0) is 31.7 Å². The molecule has 1 fully saturated rings. The van der Waals surface area contributed by atoms with Gasteiger partial charge in [0.2, 0.25) is 0 Å². The molecular weight excluding hydrogens is 212 g/mol. The number of rotatable bonds is 2. The lowest BCUT2D eigenvalue weighted by Gasteiger charge is -2.33. The summed E-state index contributed by atoms with van der Waals surface area (Å²) in [6.07, 6.45) is 2.49. The van der Waals surface area contributed by atoms with Crippen molar-refractivity contribution in [3.8, 4) is 6.07 Å². The Kier molecular flexibility index (Phi) is 3.28. The fourth-order valence-corrected chi connectivity index (χ4v) is 2.71. The fraction of sp³-hybridized carbons (Fsp3) is 0.615. The van der Waals surface area contributed by atoms with Gasteiger partial charge in [-0.3, -0.25) is 0 Å². The van der Waals surface area contributed by atoms with Crippen molar-refractivity contribution in [2.24, 2.45) is 5.92 Å². The van der Waals surface area contributed by atoms with Crippen LogP contribution in [0.4, 0.5) is 11.5 Å². The topological polar surface area (TPSA) is 58.0 Å². The highest BCUT2D eigenvalue weighted by Gasteiger charge is 2.22. The molecule has 1 aromatic rings. The van der Waals surface area contributed by atoms with Crippen molar-refractivity contribution in [2.45, 2.75) is 33.2 Å². The smallest absolute Gasteiger partial charge is 0.133 e. The minimum absolute atomic E-state index is 0.665. The van der Waals surface area contributed by atoms with Crippen molar-refractivity contribution >= 4 is 11.5 Å². The largest absolute Gasteiger partial charge is 0.396 e. The molecule has 1 aliphatic heterocycles. The van der Waals surface area contributed by atoms with Gasteiger partial charge in [0, 0.05) is 19.6 Å². The van der Waals surface area contributed by atoms with Crippen LogP contribution in [-0.2, 0) is 6.54 Å². The predicted octanol–water partition coefficient (Wildman–Crippen LogP) is 2.20. The van der Waals surface area contributed by atoms with Gasteiger partial charge in [-0.2, -0.15) is 5.26 Å². The number of hydrogen-bond donors (Lipinski definition) is 1. The monoisotopic (exact) mass is 232 g/mol. The minimum atomic E-state index is 0.665. The first-order valence-corrected chi connectivity index (χ1v) is 6.31. The van der Waals surface area contributed by atoms with E-state index in [2.05, 4.69) is 24.8 Å². The van der Waals surface area contributed by atoms with Crippen molar-refractivity contribution in [3.63, 3.8) is 0 Å². The van der Waals surface area contributed by atoms with E-state index in [1.54, 1.807) is 6.07 Å². The van der Waals surface area contributed by atoms with E-state index in [0.717, 1.165) is 31.1 Å². The molecule has 0 aromatic carbocycles. The number of aromatic nitrogens is 1. The Hall–Kier alpha value is -1.63. The average Bonchev–Trinajstić information content (AvgIpc) is 2.65. The van der Waals surface area contributed by atoms with Crippen LogP contribution in [0, 0.1) is 17.2 Å². The minimum Gasteiger partial charge on any atom is -0.396 e. The maximum Gasteiger partial charge on any atom is 0.133 e. The second-order valence-electron chi connectivity index (χ2n) is 4.86. The van der Waals surface area contributed by atoms with E-state index < -0.39 is 0 Å². The highest BCUT2D eigenvalue weighted by Crippen LogP contribution is 2.31. The Labute approximate surface area is 103 Å². The average molecular weight is 232 g/mol. The van der Waals surface area contributed by atoms with Crippen LogP contribution in [0.3, 0.4) is 0 Å². The van der Waals surface area contributed by atoms with Gasteiger partial charge in [0.1, 0.15) is 17.6 Å². The summed E-state index contributed by atoms with van der Waals surface area (Å²) in [5, 5.41) is 9.09. The molecule has 0 bridgehead atoms. The molecule has 92 valence electrons. The first kappa shape index (κ1) is 11.8. The van der Waals surface area contributed by atoms with Crippen molar-refractivity contribution < 1.29 is 0 Å². The quantitative estimate of drug-likeness (QED) is 0.850. The zero-order chi connectivity index (χ0) is 12.4. The summed E-state index contributed by atoms with van der Waals surface area (Å²) in [5.41, 5.74) is 7.45. The van der Waals surface area contributed by atoms with E-state index in [1.165, 1.54) is 12.8 Å². The van der Waals surface area contributed by atoms with E-state index in [-0.39, 0.29) is 0 Å². The molecule has 4 nitrogen and oxygen atoms in total. The second-order valence-corrected chi connectivity index (χ2v) is 4.86. The van der Waals surface area contributed by atoms with Crippen LogP contribution >= 0.6 is 0 Å². The van der Waals surface area contributed by atoms with Crippen molar-refractivity contribution in [1.29, 1.82) is 5.26 Å². The van der Waals surface area contributed by atoms with Gasteiger partial charge in [0.25, 0.3) is 0 Å². The highest BCUT2D eigenvalue weighted by molar-refractivity contribution is 5.68. The lowest BCUT2D eigenvalue weighted by molar-refractivity contribution is 0.441. The highest BCUT2D eigenvalue weighted by atomic mass is 15.3. The van der Waals surface area contributed by atoms with Gasteiger partial charge in [-0.1, -0.05) is 6.92 Å². The van der Waals surface area contributed by atoms with Crippen LogP contribution < -0.4 is 10.6 Å². The normalized spacial score (nSPS) is 20.3. The number of nitrogen functional groups attached to an aromatic ring is 1. The zero-order valence-electron chi connectivity index (χ0n) is 10.6. The van der Waals surface area contributed by atoms with Crippen LogP contribution in [0.5, 0.6) is 0 Å². The van der Waals surface area contributed by atoms with Crippen molar-refractivity contribution in [3.05, 3.63) is 11.8 Å². The lowest BCUT2D eigenvalue weighted by Crippen LogP contribution is -2.36. The molecule has 1 unspecified atom stereocenters. The van der Waals surface area contributed by atoms with Gasteiger partial charge in [-0.15, -0.1) is 0 Å². The Morgan fingerprint density at radius 1 is 1.59 bits per heavy atom. The van der Waals surface area contributed by atoms with Crippen LogP contribution in [0.1, 0.15) is 32.4 Å². The van der Waals surface area contributed by atoms with E-state index in [4.69, 9.17) is 11.0 Å². The first-order chi connectivity index (χ1) is 8.17. The molecule has 2 N–H and O–H groups in total. The maximum absolute atomic E-state index is 9.09. The van der Waals surface area contributed by atoms with E-state index >= 15 is 0 Å². The molecule has 2 rings (SSSR count). The number of nitriles is 1. The first-order valence-electron chi connectivity index (χ1n) is 6.31. The molecule has 0 radical (unpaired) electrons. The Balaban J connectivity index is 2.37. The standard InChI is InChI=1S/C13H20N4/c1-3-17-11(8-14)7-12(15)13(17)16-6-4-5-10(2)9-16/h7,10H,3-6,9,15H2,1-2H3. The third-order valence-corrected chi connectivity index (χ3v) is 3.48. The molecule has 1 atom stereocenters. The predicted molar refractivity (Wildman–Crippen MR) is 69.8 cm³/mol. The summed E-state index contributed by atoms with van der Waals surface area (Å²) < 4.78 is 2.02. The van der Waals surface area contributed by atoms with E-state index in [9.17, 15) is 0 Å². The SMILES string of the molecule is CCn1c(C#N)cc(N)c1N1CCCC(C)C1. The third kappa shape index (κ3) is 2.10. The molecular formula is C13H20N4. The summed E-state index contributed by atoms with van der Waals surface area (Å²) in [6, 6.07) is 4.00. The Morgan fingerprint density at radius 3 is 2.94 bits per heavy atom. The van der Waals surface area contributed by atoms with E-state index in [1.807, 2.05) is 4.57 Å². The molecule has 4 heteroatoms. The fourth-order valence-electron chi connectivity index (χ4n) is 2.71. The molecule has 0 amide bonds. The third-order valence-electron chi connectivity index (χ3n) is 3.48. The molecule has 0 spiro atoms. The summed E-state index contributed by atoms with van der Waals surface area (Å²) in [7, 11) is 0. The Bertz CT molecular complexity index is 441. The summed E-state index contributed by atoms with van der Waals surface area (Å²) >= 11 is 0. The van der Waals surface area contributed by atoms with Gasteiger partial charge in [0.05, 0.1) is 5.69 Å². The van der Waals surface area contributed by atoms with Crippen molar-refractivity contribution in [1.82, 2.24) is 4.57 Å². The molecule has 17 heavy (non-hydrogen) atoms. The number of nitrogens with zero attached hydrogens (tertiary/aromatic N) is 3. The van der Waals surface area contributed by atoms with Crippen LogP contribution in [0.2, 0.25) is 0 Å². The number of anilines is 2.